The highest BCUT2D eigenvalue weighted by atomic mass is 16.5. The zero-order chi connectivity index (χ0) is 15.6. The Bertz CT molecular complexity index is 704. The molecule has 1 aromatic carbocycles. The molecule has 0 aliphatic carbocycles. The molecule has 3 N–H and O–H groups in total. The minimum absolute atomic E-state index is 0.0419. The number of aryl methyl sites for hydroxylation is 1. The number of nitrogens with two attached hydrogens (primary N) is 1. The fourth-order valence-electron chi connectivity index (χ4n) is 2.10. The molecule has 1 heterocycles. The molecule has 0 aliphatic heterocycles. The highest BCUT2D eigenvalue weighted by Crippen LogP contribution is 2.28. The van der Waals surface area contributed by atoms with Gasteiger partial charge in [0.15, 0.2) is 11.5 Å². The lowest BCUT2D eigenvalue weighted by atomic mass is 10.0. The first-order valence-electron chi connectivity index (χ1n) is 6.41. The molecular weight excluding hydrogens is 272 g/mol. The van der Waals surface area contributed by atoms with Crippen LogP contribution in [0.3, 0.4) is 0 Å². The third-order valence-electron chi connectivity index (χ3n) is 3.07. The number of ketones is 1. The predicted octanol–water partition coefficient (Wildman–Crippen LogP) is 1.94. The van der Waals surface area contributed by atoms with Crippen LogP contribution in [0.25, 0.3) is 0 Å². The number of nitrogen functional groups attached to an aromatic ring is 1. The Morgan fingerprint density at radius 1 is 1.38 bits per heavy atom. The van der Waals surface area contributed by atoms with Crippen LogP contribution < -0.4 is 10.5 Å². The van der Waals surface area contributed by atoms with E-state index >= 15 is 0 Å². The van der Waals surface area contributed by atoms with Crippen LogP contribution in [-0.2, 0) is 7.05 Å². The van der Waals surface area contributed by atoms with Crippen LogP contribution in [0.5, 0.6) is 5.75 Å². The van der Waals surface area contributed by atoms with E-state index in [4.69, 9.17) is 15.6 Å². The molecule has 0 atom stereocenters. The number of nitrogens with zero attached hydrogens (tertiary/aromatic N) is 1. The van der Waals surface area contributed by atoms with Crippen molar-refractivity contribution in [2.75, 3.05) is 12.3 Å². The molecule has 0 amide bonds. The number of aromatic carboxylic acids is 1. The number of hydrogen-bond acceptors (Lipinski definition) is 4. The van der Waals surface area contributed by atoms with E-state index in [0.717, 1.165) is 0 Å². The molecule has 0 spiro atoms. The van der Waals surface area contributed by atoms with E-state index in [1.807, 2.05) is 0 Å². The molecule has 0 radical (unpaired) electrons. The SMILES string of the molecule is CCOc1c(N)cccc1C(=O)c1cc(C(=O)O)n(C)c1. The van der Waals surface area contributed by atoms with Crippen molar-refractivity contribution >= 4 is 17.4 Å². The first-order chi connectivity index (χ1) is 9.95. The lowest BCUT2D eigenvalue weighted by Gasteiger charge is -2.11. The molecule has 2 rings (SSSR count). The highest BCUT2D eigenvalue weighted by molar-refractivity contribution is 6.12. The Morgan fingerprint density at radius 2 is 2.10 bits per heavy atom. The van der Waals surface area contributed by atoms with Crippen molar-refractivity contribution in [2.24, 2.45) is 7.05 Å². The molecule has 110 valence electrons. The smallest absolute Gasteiger partial charge is 0.352 e. The van der Waals surface area contributed by atoms with Gasteiger partial charge in [-0.1, -0.05) is 6.07 Å². The predicted molar refractivity (Wildman–Crippen MR) is 77.8 cm³/mol. The molecular formula is C15H16N2O4. The van der Waals surface area contributed by atoms with Crippen LogP contribution in [-0.4, -0.2) is 28.0 Å². The van der Waals surface area contributed by atoms with Crippen molar-refractivity contribution in [1.82, 2.24) is 4.57 Å². The number of benzene rings is 1. The minimum Gasteiger partial charge on any atom is -0.491 e. The highest BCUT2D eigenvalue weighted by Gasteiger charge is 2.20. The van der Waals surface area contributed by atoms with E-state index in [0.29, 0.717) is 23.6 Å². The number of ether oxygens (including phenoxy) is 1. The van der Waals surface area contributed by atoms with Crippen LogP contribution in [0, 0.1) is 0 Å². The Balaban J connectivity index is 2.47. The summed E-state index contributed by atoms with van der Waals surface area (Å²) in [7, 11) is 1.57. The fourth-order valence-corrected chi connectivity index (χ4v) is 2.10. The van der Waals surface area contributed by atoms with Gasteiger partial charge >= 0.3 is 5.97 Å². The first kappa shape index (κ1) is 14.6. The average Bonchev–Trinajstić information content (AvgIpc) is 2.83. The number of carbonyl (C=O) groups excluding carboxylic acids is 1. The Labute approximate surface area is 121 Å². The largest absolute Gasteiger partial charge is 0.491 e. The second-order valence-electron chi connectivity index (χ2n) is 4.52. The molecule has 1 aromatic heterocycles. The normalized spacial score (nSPS) is 10.4. The van der Waals surface area contributed by atoms with Gasteiger partial charge < -0.3 is 20.1 Å². The van der Waals surface area contributed by atoms with Crippen LogP contribution in [0.2, 0.25) is 0 Å². The summed E-state index contributed by atoms with van der Waals surface area (Å²) < 4.78 is 6.82. The summed E-state index contributed by atoms with van der Waals surface area (Å²) in [6.07, 6.45) is 1.48. The number of hydrogen-bond donors (Lipinski definition) is 2. The molecule has 0 saturated carbocycles. The Hall–Kier alpha value is -2.76. The zero-order valence-electron chi connectivity index (χ0n) is 11.8. The quantitative estimate of drug-likeness (QED) is 0.647. The van der Waals surface area contributed by atoms with Gasteiger partial charge in [0.1, 0.15) is 5.69 Å². The van der Waals surface area contributed by atoms with Crippen LogP contribution >= 0.6 is 0 Å². The van der Waals surface area contributed by atoms with Gasteiger partial charge in [0.2, 0.25) is 0 Å². The number of para-hydroxylation sites is 1. The van der Waals surface area contributed by atoms with Gasteiger partial charge in [0, 0.05) is 18.8 Å². The van der Waals surface area contributed by atoms with Gasteiger partial charge in [-0.2, -0.15) is 0 Å². The van der Waals surface area contributed by atoms with Crippen molar-refractivity contribution in [3.63, 3.8) is 0 Å². The summed E-state index contributed by atoms with van der Waals surface area (Å²) in [6.45, 7) is 2.18. The molecule has 0 unspecified atom stereocenters. The van der Waals surface area contributed by atoms with Gasteiger partial charge in [-0.05, 0) is 25.1 Å². The molecule has 0 saturated heterocycles. The van der Waals surface area contributed by atoms with E-state index in [1.54, 1.807) is 32.2 Å². The third-order valence-corrected chi connectivity index (χ3v) is 3.07. The summed E-state index contributed by atoms with van der Waals surface area (Å²) in [5.41, 5.74) is 6.84. The van der Waals surface area contributed by atoms with E-state index in [-0.39, 0.29) is 17.0 Å². The van der Waals surface area contributed by atoms with E-state index in [9.17, 15) is 9.59 Å². The van der Waals surface area contributed by atoms with Gasteiger partial charge in [-0.15, -0.1) is 0 Å². The Kier molecular flexibility index (Phi) is 3.98. The Morgan fingerprint density at radius 3 is 2.67 bits per heavy atom. The van der Waals surface area contributed by atoms with Gasteiger partial charge in [-0.25, -0.2) is 4.79 Å². The molecule has 6 heteroatoms. The van der Waals surface area contributed by atoms with E-state index in [1.165, 1.54) is 16.8 Å². The number of aromatic nitrogens is 1. The number of rotatable bonds is 5. The summed E-state index contributed by atoms with van der Waals surface area (Å²) in [5.74, 6) is -1.09. The molecule has 0 bridgehead atoms. The number of carboxylic acids is 1. The second kappa shape index (κ2) is 5.70. The number of carboxylic acid groups (broad SMARTS) is 1. The summed E-state index contributed by atoms with van der Waals surface area (Å²) in [6, 6.07) is 6.25. The van der Waals surface area contributed by atoms with Gasteiger partial charge in [0.25, 0.3) is 0 Å². The molecule has 6 nitrogen and oxygen atoms in total. The van der Waals surface area contributed by atoms with E-state index in [2.05, 4.69) is 0 Å². The van der Waals surface area contributed by atoms with E-state index < -0.39 is 5.97 Å². The van der Waals surface area contributed by atoms with Crippen molar-refractivity contribution in [3.05, 3.63) is 47.3 Å². The number of carbonyl (C=O) groups is 2. The maximum atomic E-state index is 12.5. The van der Waals surface area contributed by atoms with Gasteiger partial charge in [0.05, 0.1) is 17.9 Å². The fraction of sp³-hybridized carbons (Fsp3) is 0.200. The first-order valence-corrected chi connectivity index (χ1v) is 6.41. The van der Waals surface area contributed by atoms with Crippen molar-refractivity contribution in [2.45, 2.75) is 6.92 Å². The lowest BCUT2D eigenvalue weighted by Crippen LogP contribution is -2.07. The summed E-state index contributed by atoms with van der Waals surface area (Å²) in [4.78, 5) is 23.6. The summed E-state index contributed by atoms with van der Waals surface area (Å²) >= 11 is 0. The molecule has 0 fully saturated rings. The second-order valence-corrected chi connectivity index (χ2v) is 4.52. The third kappa shape index (κ3) is 2.74. The number of anilines is 1. The molecule has 21 heavy (non-hydrogen) atoms. The molecule has 2 aromatic rings. The zero-order valence-corrected chi connectivity index (χ0v) is 11.8. The maximum Gasteiger partial charge on any atom is 0.352 e. The summed E-state index contributed by atoms with van der Waals surface area (Å²) in [5, 5.41) is 9.04. The van der Waals surface area contributed by atoms with Crippen LogP contribution in [0.4, 0.5) is 5.69 Å². The van der Waals surface area contributed by atoms with Crippen LogP contribution in [0.1, 0.15) is 33.3 Å². The van der Waals surface area contributed by atoms with Crippen molar-refractivity contribution < 1.29 is 19.4 Å². The monoisotopic (exact) mass is 288 g/mol. The standard InChI is InChI=1S/C15H16N2O4/c1-3-21-14-10(5-4-6-11(14)16)13(18)9-7-12(15(19)20)17(2)8-9/h4-8H,3,16H2,1-2H3,(H,19,20). The van der Waals surface area contributed by atoms with Gasteiger partial charge in [-0.3, -0.25) is 4.79 Å². The topological polar surface area (TPSA) is 94.6 Å². The lowest BCUT2D eigenvalue weighted by molar-refractivity contribution is 0.0686. The van der Waals surface area contributed by atoms with Crippen LogP contribution in [0.15, 0.2) is 30.5 Å². The minimum atomic E-state index is -1.09. The maximum absolute atomic E-state index is 12.5. The molecule has 0 aliphatic rings. The average molecular weight is 288 g/mol. The van der Waals surface area contributed by atoms with Crippen molar-refractivity contribution in [1.29, 1.82) is 0 Å². The van der Waals surface area contributed by atoms with Crippen molar-refractivity contribution in [3.8, 4) is 5.75 Å².